The highest BCUT2D eigenvalue weighted by Gasteiger charge is 2.36. The number of hydrogen-bond acceptors (Lipinski definition) is 2. The summed E-state index contributed by atoms with van der Waals surface area (Å²) >= 11 is 0. The number of ketones is 1. The van der Waals surface area contributed by atoms with Crippen molar-refractivity contribution in [2.75, 3.05) is 0 Å². The smallest absolute Gasteiger partial charge is 0.221 e. The van der Waals surface area contributed by atoms with Crippen molar-refractivity contribution in [2.45, 2.75) is 19.4 Å². The van der Waals surface area contributed by atoms with Gasteiger partial charge in [0.1, 0.15) is 5.78 Å². The molecule has 2 rings (SSSR count). The Morgan fingerprint density at radius 1 is 1.33 bits per heavy atom. The molecule has 1 heterocycles. The fraction of sp³-hybridized carbons (Fsp3) is 0.333. The number of benzene rings is 1. The maximum atomic E-state index is 11.4. The lowest BCUT2D eigenvalue weighted by atomic mass is 9.91. The number of rotatable bonds is 2. The van der Waals surface area contributed by atoms with Crippen LogP contribution < -0.4 is 5.32 Å². The molecule has 1 amide bonds. The van der Waals surface area contributed by atoms with Crippen LogP contribution in [-0.2, 0) is 9.59 Å². The van der Waals surface area contributed by atoms with Crippen molar-refractivity contribution in [1.29, 1.82) is 0 Å². The molecule has 1 saturated heterocycles. The monoisotopic (exact) mass is 203 g/mol. The first-order chi connectivity index (χ1) is 7.18. The lowest BCUT2D eigenvalue weighted by Crippen LogP contribution is -2.23. The summed E-state index contributed by atoms with van der Waals surface area (Å²) in [5, 5.41) is 2.84. The van der Waals surface area contributed by atoms with Crippen LogP contribution in [0.1, 0.15) is 24.9 Å². The van der Waals surface area contributed by atoms with Gasteiger partial charge < -0.3 is 5.32 Å². The van der Waals surface area contributed by atoms with Gasteiger partial charge in [-0.25, -0.2) is 0 Å². The molecule has 1 unspecified atom stereocenters. The molecule has 3 nitrogen and oxygen atoms in total. The number of Topliss-reactive ketones (excluding diaryl/α,β-unsaturated/α-hetero) is 1. The van der Waals surface area contributed by atoms with Crippen LogP contribution in [0.2, 0.25) is 0 Å². The van der Waals surface area contributed by atoms with Gasteiger partial charge in [0.05, 0.1) is 12.0 Å². The summed E-state index contributed by atoms with van der Waals surface area (Å²) in [4.78, 5) is 22.7. The standard InChI is InChI=1S/C12H13NO2/c1-8(14)10-7-11(15)13-12(10)9-5-3-2-4-6-9/h2-6,10,12H,7H2,1H3,(H,13,15)/t10-,12?/m1/s1. The van der Waals surface area contributed by atoms with Crippen molar-refractivity contribution in [3.8, 4) is 0 Å². The van der Waals surface area contributed by atoms with E-state index < -0.39 is 0 Å². The largest absolute Gasteiger partial charge is 0.349 e. The van der Waals surface area contributed by atoms with Crippen LogP contribution in [0.15, 0.2) is 30.3 Å². The number of nitrogens with one attached hydrogen (secondary N) is 1. The highest BCUT2D eigenvalue weighted by Crippen LogP contribution is 2.30. The highest BCUT2D eigenvalue weighted by atomic mass is 16.2. The number of hydrogen-bond donors (Lipinski definition) is 1. The average molecular weight is 203 g/mol. The van der Waals surface area contributed by atoms with Crippen molar-refractivity contribution in [3.63, 3.8) is 0 Å². The predicted octanol–water partition coefficient (Wildman–Crippen LogP) is 1.45. The normalized spacial score (nSPS) is 25.0. The van der Waals surface area contributed by atoms with Gasteiger partial charge in [-0.1, -0.05) is 30.3 Å². The van der Waals surface area contributed by atoms with Gasteiger partial charge in [0.2, 0.25) is 5.91 Å². The Hall–Kier alpha value is -1.64. The first kappa shape index (κ1) is 9.90. The molecule has 1 aliphatic heterocycles. The van der Waals surface area contributed by atoms with Crippen LogP contribution in [0.25, 0.3) is 0 Å². The van der Waals surface area contributed by atoms with Gasteiger partial charge in [-0.2, -0.15) is 0 Å². The summed E-state index contributed by atoms with van der Waals surface area (Å²) in [5.41, 5.74) is 1.00. The molecule has 0 saturated carbocycles. The molecular formula is C12H13NO2. The van der Waals surface area contributed by atoms with Crippen LogP contribution in [-0.4, -0.2) is 11.7 Å². The van der Waals surface area contributed by atoms with Gasteiger partial charge >= 0.3 is 0 Å². The predicted molar refractivity (Wildman–Crippen MR) is 56.1 cm³/mol. The second kappa shape index (κ2) is 3.85. The molecule has 3 heteroatoms. The van der Waals surface area contributed by atoms with Crippen molar-refractivity contribution in [3.05, 3.63) is 35.9 Å². The lowest BCUT2D eigenvalue weighted by Gasteiger charge is -2.16. The van der Waals surface area contributed by atoms with E-state index in [4.69, 9.17) is 0 Å². The Labute approximate surface area is 88.5 Å². The third kappa shape index (κ3) is 1.91. The summed E-state index contributed by atoms with van der Waals surface area (Å²) in [6, 6.07) is 9.48. The third-order valence-corrected chi connectivity index (χ3v) is 2.81. The third-order valence-electron chi connectivity index (χ3n) is 2.81. The Kier molecular flexibility index (Phi) is 2.54. The van der Waals surface area contributed by atoms with E-state index in [-0.39, 0.29) is 23.7 Å². The molecule has 0 aliphatic carbocycles. The molecular weight excluding hydrogens is 190 g/mol. The van der Waals surface area contributed by atoms with E-state index in [1.54, 1.807) is 6.92 Å². The van der Waals surface area contributed by atoms with Crippen molar-refractivity contribution in [1.82, 2.24) is 5.32 Å². The minimum absolute atomic E-state index is 0.0379. The molecule has 1 fully saturated rings. The first-order valence-corrected chi connectivity index (χ1v) is 5.03. The molecule has 1 aliphatic rings. The SMILES string of the molecule is CC(=O)[C@H]1CC(=O)NC1c1ccccc1. The number of amides is 1. The van der Waals surface area contributed by atoms with Gasteiger partial charge in [-0.15, -0.1) is 0 Å². The summed E-state index contributed by atoms with van der Waals surface area (Å²) < 4.78 is 0. The summed E-state index contributed by atoms with van der Waals surface area (Å²) in [6.07, 6.45) is 0.314. The molecule has 2 atom stereocenters. The van der Waals surface area contributed by atoms with E-state index in [9.17, 15) is 9.59 Å². The summed E-state index contributed by atoms with van der Waals surface area (Å²) in [6.45, 7) is 1.54. The zero-order chi connectivity index (χ0) is 10.8. The second-order valence-corrected chi connectivity index (χ2v) is 3.88. The van der Waals surface area contributed by atoms with Crippen LogP contribution in [0.3, 0.4) is 0 Å². The fourth-order valence-corrected chi connectivity index (χ4v) is 2.00. The Balaban J connectivity index is 2.28. The van der Waals surface area contributed by atoms with E-state index in [1.807, 2.05) is 30.3 Å². The van der Waals surface area contributed by atoms with E-state index >= 15 is 0 Å². The molecule has 15 heavy (non-hydrogen) atoms. The topological polar surface area (TPSA) is 46.2 Å². The molecule has 0 radical (unpaired) electrons. The number of carbonyl (C=O) groups excluding carboxylic acids is 2. The first-order valence-electron chi connectivity index (χ1n) is 5.03. The summed E-state index contributed by atoms with van der Waals surface area (Å²) in [5.74, 6) is -0.175. The van der Waals surface area contributed by atoms with E-state index in [0.717, 1.165) is 5.56 Å². The van der Waals surface area contributed by atoms with Crippen LogP contribution in [0.4, 0.5) is 0 Å². The van der Waals surface area contributed by atoms with E-state index in [2.05, 4.69) is 5.32 Å². The van der Waals surface area contributed by atoms with Crippen LogP contribution in [0, 0.1) is 5.92 Å². The van der Waals surface area contributed by atoms with Gasteiger partial charge in [0.25, 0.3) is 0 Å². The summed E-state index contributed by atoms with van der Waals surface area (Å²) in [7, 11) is 0. The van der Waals surface area contributed by atoms with Crippen LogP contribution in [0.5, 0.6) is 0 Å². The van der Waals surface area contributed by atoms with Crippen molar-refractivity contribution < 1.29 is 9.59 Å². The maximum absolute atomic E-state index is 11.4. The highest BCUT2D eigenvalue weighted by molar-refractivity contribution is 5.90. The minimum Gasteiger partial charge on any atom is -0.349 e. The lowest BCUT2D eigenvalue weighted by molar-refractivity contribution is -0.123. The molecule has 0 spiro atoms. The quantitative estimate of drug-likeness (QED) is 0.790. The Morgan fingerprint density at radius 3 is 2.60 bits per heavy atom. The van der Waals surface area contributed by atoms with Gasteiger partial charge in [-0.3, -0.25) is 9.59 Å². The zero-order valence-corrected chi connectivity index (χ0v) is 8.57. The van der Waals surface area contributed by atoms with Crippen LogP contribution >= 0.6 is 0 Å². The molecule has 1 N–H and O–H groups in total. The molecule has 1 aromatic carbocycles. The van der Waals surface area contributed by atoms with Crippen molar-refractivity contribution in [2.24, 2.45) is 5.92 Å². The number of carbonyl (C=O) groups is 2. The molecule has 78 valence electrons. The van der Waals surface area contributed by atoms with E-state index in [0.29, 0.717) is 6.42 Å². The Bertz CT molecular complexity index is 386. The maximum Gasteiger partial charge on any atom is 0.221 e. The van der Waals surface area contributed by atoms with E-state index in [1.165, 1.54) is 0 Å². The Morgan fingerprint density at radius 2 is 2.00 bits per heavy atom. The second-order valence-electron chi connectivity index (χ2n) is 3.88. The molecule has 0 bridgehead atoms. The minimum atomic E-state index is -0.208. The molecule has 1 aromatic rings. The van der Waals surface area contributed by atoms with Gasteiger partial charge in [0, 0.05) is 6.42 Å². The average Bonchev–Trinajstić information content (AvgIpc) is 2.62. The van der Waals surface area contributed by atoms with Gasteiger partial charge in [0.15, 0.2) is 0 Å². The van der Waals surface area contributed by atoms with Gasteiger partial charge in [-0.05, 0) is 12.5 Å². The molecule has 0 aromatic heterocycles. The zero-order valence-electron chi connectivity index (χ0n) is 8.57. The van der Waals surface area contributed by atoms with Crippen molar-refractivity contribution >= 4 is 11.7 Å². The fourth-order valence-electron chi connectivity index (χ4n) is 2.00.